The molecule has 0 fully saturated rings. The predicted octanol–water partition coefficient (Wildman–Crippen LogP) is 1.21. The molecule has 0 aliphatic carbocycles. The van der Waals surface area contributed by atoms with Crippen LogP contribution in [0, 0.1) is 6.92 Å². The molecule has 1 amide bonds. The minimum absolute atomic E-state index is 0.326. The van der Waals surface area contributed by atoms with E-state index in [1.54, 1.807) is 13.0 Å². The van der Waals surface area contributed by atoms with Crippen LogP contribution in [0.2, 0.25) is 0 Å². The maximum atomic E-state index is 11.7. The number of nitrogens with one attached hydrogen (secondary N) is 1. The number of amides is 1. The smallest absolute Gasteiger partial charge is 0.259 e. The van der Waals surface area contributed by atoms with E-state index < -0.39 is 0 Å². The van der Waals surface area contributed by atoms with E-state index in [1.165, 1.54) is 18.7 Å². The molecule has 2 aromatic heterocycles. The first-order valence-electron chi connectivity index (χ1n) is 4.59. The van der Waals surface area contributed by atoms with Crippen molar-refractivity contribution in [3.63, 3.8) is 0 Å². The predicted molar refractivity (Wildman–Crippen MR) is 57.8 cm³/mol. The van der Waals surface area contributed by atoms with Crippen LogP contribution in [0.3, 0.4) is 0 Å². The van der Waals surface area contributed by atoms with Crippen LogP contribution in [-0.2, 0) is 0 Å². The van der Waals surface area contributed by atoms with Crippen molar-refractivity contribution in [2.45, 2.75) is 6.92 Å². The lowest BCUT2D eigenvalue weighted by Crippen LogP contribution is -2.14. The number of nitrogen functional groups attached to an aromatic ring is 1. The van der Waals surface area contributed by atoms with Gasteiger partial charge in [0.2, 0.25) is 0 Å². The number of hydrogen-bond donors (Lipinski definition) is 2. The molecule has 0 aromatic carbocycles. The van der Waals surface area contributed by atoms with Crippen LogP contribution in [0.4, 0.5) is 11.4 Å². The molecule has 16 heavy (non-hydrogen) atoms. The van der Waals surface area contributed by atoms with Crippen LogP contribution >= 0.6 is 0 Å². The van der Waals surface area contributed by atoms with Gasteiger partial charge in [0, 0.05) is 17.6 Å². The summed E-state index contributed by atoms with van der Waals surface area (Å²) in [7, 11) is 0. The van der Waals surface area contributed by atoms with Crippen molar-refractivity contribution < 1.29 is 9.32 Å². The minimum atomic E-state index is -0.340. The van der Waals surface area contributed by atoms with Gasteiger partial charge in [0.15, 0.2) is 0 Å². The number of nitrogens with zero attached hydrogens (tertiary/aromatic N) is 2. The van der Waals surface area contributed by atoms with Gasteiger partial charge >= 0.3 is 0 Å². The SMILES string of the molecule is Cc1cc(N)c(C(=O)Nc2cnoc2)cn1. The molecule has 2 rings (SSSR count). The van der Waals surface area contributed by atoms with Gasteiger partial charge in [0.1, 0.15) is 12.0 Å². The number of hydrogen-bond acceptors (Lipinski definition) is 5. The van der Waals surface area contributed by atoms with E-state index in [9.17, 15) is 4.79 Å². The Bertz CT molecular complexity index is 508. The van der Waals surface area contributed by atoms with Gasteiger partial charge in [-0.05, 0) is 13.0 Å². The van der Waals surface area contributed by atoms with E-state index in [0.29, 0.717) is 16.9 Å². The molecule has 6 nitrogen and oxygen atoms in total. The van der Waals surface area contributed by atoms with Crippen molar-refractivity contribution in [1.29, 1.82) is 0 Å². The van der Waals surface area contributed by atoms with E-state index in [1.807, 2.05) is 0 Å². The molecule has 0 aliphatic heterocycles. The standard InChI is InChI=1S/C10H10N4O2/c1-6-2-9(11)8(4-12-6)10(15)14-7-3-13-16-5-7/h2-5H,1H3,(H2,11,12)(H,14,15). The Morgan fingerprint density at radius 1 is 1.50 bits per heavy atom. The number of aromatic nitrogens is 2. The highest BCUT2D eigenvalue weighted by Gasteiger charge is 2.11. The lowest BCUT2D eigenvalue weighted by atomic mass is 10.2. The molecule has 2 aromatic rings. The maximum absolute atomic E-state index is 11.7. The quantitative estimate of drug-likeness (QED) is 0.790. The summed E-state index contributed by atoms with van der Waals surface area (Å²) in [5.41, 5.74) is 7.67. The Morgan fingerprint density at radius 2 is 2.31 bits per heavy atom. The first-order valence-corrected chi connectivity index (χ1v) is 4.59. The summed E-state index contributed by atoms with van der Waals surface area (Å²) in [6, 6.07) is 1.64. The highest BCUT2D eigenvalue weighted by Crippen LogP contribution is 2.14. The summed E-state index contributed by atoms with van der Waals surface area (Å²) in [5.74, 6) is -0.340. The molecule has 0 atom stereocenters. The van der Waals surface area contributed by atoms with Crippen molar-refractivity contribution >= 4 is 17.3 Å². The Kier molecular flexibility index (Phi) is 2.55. The molecular formula is C10H10N4O2. The Balaban J connectivity index is 2.21. The summed E-state index contributed by atoms with van der Waals surface area (Å²) < 4.78 is 4.59. The number of rotatable bonds is 2. The average molecular weight is 218 g/mol. The third kappa shape index (κ3) is 2.00. The molecular weight excluding hydrogens is 208 g/mol. The van der Waals surface area contributed by atoms with Crippen molar-refractivity contribution in [3.8, 4) is 0 Å². The molecule has 0 unspecified atom stereocenters. The highest BCUT2D eigenvalue weighted by molar-refractivity contribution is 6.07. The van der Waals surface area contributed by atoms with E-state index in [0.717, 1.165) is 5.69 Å². The molecule has 2 heterocycles. The molecule has 0 spiro atoms. The van der Waals surface area contributed by atoms with Crippen molar-refractivity contribution in [2.24, 2.45) is 0 Å². The number of carbonyl (C=O) groups is 1. The van der Waals surface area contributed by atoms with Crippen molar-refractivity contribution in [1.82, 2.24) is 10.1 Å². The Morgan fingerprint density at radius 3 is 2.94 bits per heavy atom. The van der Waals surface area contributed by atoms with Gasteiger partial charge in [-0.2, -0.15) is 0 Å². The number of carbonyl (C=O) groups excluding carboxylic acids is 1. The summed E-state index contributed by atoms with van der Waals surface area (Å²) in [6.45, 7) is 1.80. The summed E-state index contributed by atoms with van der Waals surface area (Å²) in [5, 5.41) is 6.05. The van der Waals surface area contributed by atoms with Gasteiger partial charge in [-0.15, -0.1) is 0 Å². The molecule has 3 N–H and O–H groups in total. The van der Waals surface area contributed by atoms with Gasteiger partial charge in [-0.3, -0.25) is 9.78 Å². The third-order valence-electron chi connectivity index (χ3n) is 2.01. The second kappa shape index (κ2) is 4.01. The monoisotopic (exact) mass is 218 g/mol. The van der Waals surface area contributed by atoms with Crippen LogP contribution in [0.15, 0.2) is 29.2 Å². The van der Waals surface area contributed by atoms with E-state index >= 15 is 0 Å². The van der Waals surface area contributed by atoms with Crippen LogP contribution in [0.5, 0.6) is 0 Å². The number of aryl methyl sites for hydroxylation is 1. The van der Waals surface area contributed by atoms with Crippen molar-refractivity contribution in [2.75, 3.05) is 11.1 Å². The van der Waals surface area contributed by atoms with Gasteiger partial charge in [0.25, 0.3) is 5.91 Å². The number of pyridine rings is 1. The fourth-order valence-corrected chi connectivity index (χ4v) is 1.24. The first kappa shape index (κ1) is 10.2. The van der Waals surface area contributed by atoms with Crippen molar-refractivity contribution in [3.05, 3.63) is 36.0 Å². The van der Waals surface area contributed by atoms with Crippen LogP contribution in [0.25, 0.3) is 0 Å². The van der Waals surface area contributed by atoms with Crippen LogP contribution < -0.4 is 11.1 Å². The van der Waals surface area contributed by atoms with E-state index in [-0.39, 0.29) is 5.91 Å². The molecule has 0 bridgehead atoms. The lowest BCUT2D eigenvalue weighted by Gasteiger charge is -2.05. The molecule has 0 saturated carbocycles. The fourth-order valence-electron chi connectivity index (χ4n) is 1.24. The maximum Gasteiger partial charge on any atom is 0.259 e. The second-order valence-electron chi connectivity index (χ2n) is 3.28. The average Bonchev–Trinajstić information content (AvgIpc) is 2.70. The zero-order valence-electron chi connectivity index (χ0n) is 8.60. The number of anilines is 2. The first-order chi connectivity index (χ1) is 7.66. The summed E-state index contributed by atoms with van der Waals surface area (Å²) in [4.78, 5) is 15.8. The largest absolute Gasteiger partial charge is 0.398 e. The zero-order chi connectivity index (χ0) is 11.5. The molecule has 0 radical (unpaired) electrons. The second-order valence-corrected chi connectivity index (χ2v) is 3.28. The van der Waals surface area contributed by atoms with E-state index in [2.05, 4.69) is 20.0 Å². The number of nitrogens with two attached hydrogens (primary N) is 1. The lowest BCUT2D eigenvalue weighted by molar-refractivity contribution is 0.102. The molecule has 0 saturated heterocycles. The zero-order valence-corrected chi connectivity index (χ0v) is 8.60. The van der Waals surface area contributed by atoms with Gasteiger partial charge in [-0.25, -0.2) is 0 Å². The molecule has 0 aliphatic rings. The summed E-state index contributed by atoms with van der Waals surface area (Å²) in [6.07, 6.45) is 4.17. The Labute approximate surface area is 91.5 Å². The van der Waals surface area contributed by atoms with Gasteiger partial charge in [-0.1, -0.05) is 5.16 Å². The Hall–Kier alpha value is -2.37. The topological polar surface area (TPSA) is 94.0 Å². The van der Waals surface area contributed by atoms with Crippen LogP contribution in [-0.4, -0.2) is 16.0 Å². The third-order valence-corrected chi connectivity index (χ3v) is 2.01. The summed E-state index contributed by atoms with van der Waals surface area (Å²) >= 11 is 0. The molecule has 82 valence electrons. The normalized spacial score (nSPS) is 10.1. The molecule has 6 heteroatoms. The highest BCUT2D eigenvalue weighted by atomic mass is 16.5. The van der Waals surface area contributed by atoms with Gasteiger partial charge in [0.05, 0.1) is 11.8 Å². The van der Waals surface area contributed by atoms with E-state index in [4.69, 9.17) is 5.73 Å². The van der Waals surface area contributed by atoms with Crippen LogP contribution in [0.1, 0.15) is 16.1 Å². The van der Waals surface area contributed by atoms with Gasteiger partial charge < -0.3 is 15.6 Å². The fraction of sp³-hybridized carbons (Fsp3) is 0.100. The minimum Gasteiger partial charge on any atom is -0.398 e.